The first-order chi connectivity index (χ1) is 9.13. The van der Waals surface area contributed by atoms with Gasteiger partial charge in [0.05, 0.1) is 0 Å². The maximum atomic E-state index is 3.74. The van der Waals surface area contributed by atoms with Gasteiger partial charge < -0.3 is 10.2 Å². The summed E-state index contributed by atoms with van der Waals surface area (Å²) in [6, 6.07) is 0. The Bertz CT molecular complexity index is 256. The molecule has 1 aliphatic heterocycles. The summed E-state index contributed by atoms with van der Waals surface area (Å²) in [6.07, 6.45) is 8.61. The fraction of sp³-hybridized carbons (Fsp3) is 1.00. The zero-order valence-electron chi connectivity index (χ0n) is 13.4. The van der Waals surface area contributed by atoms with Crippen molar-refractivity contribution in [2.75, 3.05) is 32.7 Å². The molecule has 2 heteroatoms. The second-order valence-electron chi connectivity index (χ2n) is 7.53. The van der Waals surface area contributed by atoms with E-state index in [0.29, 0.717) is 5.41 Å². The minimum Gasteiger partial charge on any atom is -0.316 e. The number of likely N-dealkylation sites (tertiary alicyclic amines) is 1. The van der Waals surface area contributed by atoms with Gasteiger partial charge in [-0.3, -0.25) is 0 Å². The lowest BCUT2D eigenvalue weighted by Gasteiger charge is -2.34. The van der Waals surface area contributed by atoms with E-state index in [4.69, 9.17) is 0 Å². The lowest BCUT2D eigenvalue weighted by atomic mass is 9.85. The molecule has 19 heavy (non-hydrogen) atoms. The summed E-state index contributed by atoms with van der Waals surface area (Å²) in [5, 5.41) is 3.74. The molecule has 0 aromatic carbocycles. The molecule has 1 heterocycles. The van der Waals surface area contributed by atoms with E-state index in [2.05, 4.69) is 31.0 Å². The van der Waals surface area contributed by atoms with Crippen molar-refractivity contribution in [1.82, 2.24) is 10.2 Å². The van der Waals surface area contributed by atoms with E-state index in [1.165, 1.54) is 71.2 Å². The van der Waals surface area contributed by atoms with Crippen LogP contribution in [-0.4, -0.2) is 37.6 Å². The van der Waals surface area contributed by atoms with Gasteiger partial charge in [0.15, 0.2) is 0 Å². The monoisotopic (exact) mass is 266 g/mol. The molecular formula is C17H34N2. The molecular weight excluding hydrogens is 232 g/mol. The van der Waals surface area contributed by atoms with Gasteiger partial charge in [-0.05, 0) is 49.6 Å². The van der Waals surface area contributed by atoms with Crippen LogP contribution in [0.15, 0.2) is 0 Å². The Morgan fingerprint density at radius 3 is 2.58 bits per heavy atom. The third-order valence-electron chi connectivity index (χ3n) is 5.22. The van der Waals surface area contributed by atoms with Crippen molar-refractivity contribution in [3.63, 3.8) is 0 Å². The molecule has 112 valence electrons. The molecule has 0 aromatic rings. The van der Waals surface area contributed by atoms with Crippen LogP contribution in [0.5, 0.6) is 0 Å². The van der Waals surface area contributed by atoms with Crippen molar-refractivity contribution < 1.29 is 0 Å². The Labute approximate surface area is 120 Å². The topological polar surface area (TPSA) is 15.3 Å². The standard InChI is InChI=1S/C17H34N2/c1-4-16-7-10-19(12-16)14-17(8-5-6-9-17)13-18-11-15(2)3/h15-16,18H,4-14H2,1-3H3. The lowest BCUT2D eigenvalue weighted by molar-refractivity contribution is 0.166. The van der Waals surface area contributed by atoms with Gasteiger partial charge in [0, 0.05) is 19.6 Å². The Kier molecular flexibility index (Phi) is 5.70. The molecule has 0 amide bonds. The van der Waals surface area contributed by atoms with Gasteiger partial charge in [-0.2, -0.15) is 0 Å². The van der Waals surface area contributed by atoms with Crippen LogP contribution in [0, 0.1) is 17.3 Å². The summed E-state index contributed by atoms with van der Waals surface area (Å²) < 4.78 is 0. The Morgan fingerprint density at radius 1 is 1.26 bits per heavy atom. The number of nitrogens with zero attached hydrogens (tertiary/aromatic N) is 1. The van der Waals surface area contributed by atoms with Crippen LogP contribution in [0.2, 0.25) is 0 Å². The Morgan fingerprint density at radius 2 is 2.00 bits per heavy atom. The molecule has 2 aliphatic rings. The van der Waals surface area contributed by atoms with E-state index in [-0.39, 0.29) is 0 Å². The third kappa shape index (κ3) is 4.46. The van der Waals surface area contributed by atoms with E-state index in [0.717, 1.165) is 11.8 Å². The van der Waals surface area contributed by atoms with Crippen molar-refractivity contribution in [1.29, 1.82) is 0 Å². The normalized spacial score (nSPS) is 27.5. The second-order valence-corrected chi connectivity index (χ2v) is 7.53. The average molecular weight is 266 g/mol. The van der Waals surface area contributed by atoms with Crippen molar-refractivity contribution in [2.24, 2.45) is 17.3 Å². The molecule has 0 aromatic heterocycles. The molecule has 0 spiro atoms. The number of hydrogen-bond donors (Lipinski definition) is 1. The molecule has 1 aliphatic carbocycles. The van der Waals surface area contributed by atoms with Crippen molar-refractivity contribution in [3.05, 3.63) is 0 Å². The van der Waals surface area contributed by atoms with Crippen LogP contribution >= 0.6 is 0 Å². The highest BCUT2D eigenvalue weighted by molar-refractivity contribution is 4.91. The quantitative estimate of drug-likeness (QED) is 0.758. The summed E-state index contributed by atoms with van der Waals surface area (Å²) in [5.74, 6) is 1.75. The van der Waals surface area contributed by atoms with E-state index in [1.807, 2.05) is 0 Å². The van der Waals surface area contributed by atoms with Crippen LogP contribution in [0.3, 0.4) is 0 Å². The number of nitrogens with one attached hydrogen (secondary N) is 1. The molecule has 2 rings (SSSR count). The molecule has 0 radical (unpaired) electrons. The summed E-state index contributed by atoms with van der Waals surface area (Å²) in [7, 11) is 0. The van der Waals surface area contributed by atoms with Crippen LogP contribution < -0.4 is 5.32 Å². The molecule has 1 atom stereocenters. The largest absolute Gasteiger partial charge is 0.316 e. The molecule has 0 bridgehead atoms. The van der Waals surface area contributed by atoms with Gasteiger partial charge in [0.25, 0.3) is 0 Å². The zero-order chi connectivity index (χ0) is 13.7. The second kappa shape index (κ2) is 7.08. The van der Waals surface area contributed by atoms with Crippen molar-refractivity contribution in [2.45, 2.75) is 59.3 Å². The summed E-state index contributed by atoms with van der Waals surface area (Å²) in [6.45, 7) is 13.5. The van der Waals surface area contributed by atoms with Gasteiger partial charge in [-0.15, -0.1) is 0 Å². The maximum absolute atomic E-state index is 3.74. The van der Waals surface area contributed by atoms with Gasteiger partial charge >= 0.3 is 0 Å². The minimum absolute atomic E-state index is 0.595. The molecule has 2 nitrogen and oxygen atoms in total. The van der Waals surface area contributed by atoms with Gasteiger partial charge in [-0.25, -0.2) is 0 Å². The average Bonchev–Trinajstić information content (AvgIpc) is 2.99. The highest BCUT2D eigenvalue weighted by Gasteiger charge is 2.36. The van der Waals surface area contributed by atoms with Crippen LogP contribution in [0.1, 0.15) is 59.3 Å². The predicted octanol–water partition coefficient (Wildman–Crippen LogP) is 3.52. The smallest absolute Gasteiger partial charge is 0.00503 e. The first-order valence-electron chi connectivity index (χ1n) is 8.56. The minimum atomic E-state index is 0.595. The SMILES string of the molecule is CCC1CCN(CC2(CNCC(C)C)CCCC2)C1. The fourth-order valence-electron chi connectivity index (χ4n) is 4.01. The van der Waals surface area contributed by atoms with E-state index >= 15 is 0 Å². The van der Waals surface area contributed by atoms with Crippen molar-refractivity contribution >= 4 is 0 Å². The summed E-state index contributed by atoms with van der Waals surface area (Å²) in [5.41, 5.74) is 0.595. The first kappa shape index (κ1) is 15.3. The molecule has 1 N–H and O–H groups in total. The van der Waals surface area contributed by atoms with Gasteiger partial charge in [-0.1, -0.05) is 40.0 Å². The Balaban J connectivity index is 1.81. The summed E-state index contributed by atoms with van der Waals surface area (Å²) >= 11 is 0. The maximum Gasteiger partial charge on any atom is 0.00503 e. The number of rotatable bonds is 7. The van der Waals surface area contributed by atoms with Crippen LogP contribution in [0.4, 0.5) is 0 Å². The van der Waals surface area contributed by atoms with Crippen LogP contribution in [-0.2, 0) is 0 Å². The van der Waals surface area contributed by atoms with Gasteiger partial charge in [0.1, 0.15) is 0 Å². The first-order valence-corrected chi connectivity index (χ1v) is 8.56. The molecule has 1 saturated carbocycles. The highest BCUT2D eigenvalue weighted by Crippen LogP contribution is 2.39. The molecule has 2 fully saturated rings. The lowest BCUT2D eigenvalue weighted by Crippen LogP contribution is -2.42. The molecule has 1 unspecified atom stereocenters. The van der Waals surface area contributed by atoms with E-state index in [1.54, 1.807) is 0 Å². The zero-order valence-corrected chi connectivity index (χ0v) is 13.4. The third-order valence-corrected chi connectivity index (χ3v) is 5.22. The van der Waals surface area contributed by atoms with E-state index < -0.39 is 0 Å². The predicted molar refractivity (Wildman–Crippen MR) is 83.4 cm³/mol. The van der Waals surface area contributed by atoms with Gasteiger partial charge in [0.2, 0.25) is 0 Å². The van der Waals surface area contributed by atoms with E-state index in [9.17, 15) is 0 Å². The van der Waals surface area contributed by atoms with Crippen molar-refractivity contribution in [3.8, 4) is 0 Å². The fourth-order valence-corrected chi connectivity index (χ4v) is 4.01. The van der Waals surface area contributed by atoms with Crippen LogP contribution in [0.25, 0.3) is 0 Å². The number of hydrogen-bond acceptors (Lipinski definition) is 2. The molecule has 1 saturated heterocycles. The summed E-state index contributed by atoms with van der Waals surface area (Å²) in [4.78, 5) is 2.76. The Hall–Kier alpha value is -0.0800. The highest BCUT2D eigenvalue weighted by atomic mass is 15.2.